The van der Waals surface area contributed by atoms with Crippen LogP contribution in [0.1, 0.15) is 36.2 Å². The van der Waals surface area contributed by atoms with Gasteiger partial charge < -0.3 is 15.3 Å². The van der Waals surface area contributed by atoms with E-state index in [-0.39, 0.29) is 18.1 Å². The summed E-state index contributed by atoms with van der Waals surface area (Å²) in [5.41, 5.74) is 0.139. The summed E-state index contributed by atoms with van der Waals surface area (Å²) in [4.78, 5) is 24.7. The number of nitrogens with zero attached hydrogens (tertiary/aromatic N) is 4. The summed E-state index contributed by atoms with van der Waals surface area (Å²) in [6.07, 6.45) is 6.37. The number of carbonyl (C=O) groups is 2. The first kappa shape index (κ1) is 15.4. The number of carboxylic acid groups (broad SMARTS) is 1. The zero-order valence-electron chi connectivity index (χ0n) is 12.2. The highest BCUT2D eigenvalue weighted by Gasteiger charge is 2.19. The Morgan fingerprint density at radius 1 is 1.48 bits per heavy atom. The fourth-order valence-electron chi connectivity index (χ4n) is 2.58. The van der Waals surface area contributed by atoms with Crippen LogP contribution in [-0.4, -0.2) is 63.1 Å². The Bertz CT molecular complexity index is 496. The van der Waals surface area contributed by atoms with Crippen LogP contribution in [0, 0.1) is 0 Å². The molecule has 1 amide bonds. The molecule has 2 N–H and O–H groups in total. The second-order valence-corrected chi connectivity index (χ2v) is 5.37. The molecule has 1 aliphatic rings. The third kappa shape index (κ3) is 4.52. The maximum absolute atomic E-state index is 11.9. The summed E-state index contributed by atoms with van der Waals surface area (Å²) in [6.45, 7) is 1.03. The van der Waals surface area contributed by atoms with Gasteiger partial charge in [-0.15, -0.1) is 5.10 Å². The quantitative estimate of drug-likeness (QED) is 0.732. The summed E-state index contributed by atoms with van der Waals surface area (Å²) in [5, 5.41) is 18.7. The molecule has 1 heterocycles. The van der Waals surface area contributed by atoms with Gasteiger partial charge in [-0.1, -0.05) is 18.1 Å². The average Bonchev–Trinajstić information content (AvgIpc) is 3.08. The first-order chi connectivity index (χ1) is 10.1. The van der Waals surface area contributed by atoms with E-state index in [9.17, 15) is 9.59 Å². The van der Waals surface area contributed by atoms with Crippen LogP contribution in [0.15, 0.2) is 6.20 Å². The van der Waals surface area contributed by atoms with Gasteiger partial charge in [0.2, 0.25) is 0 Å². The minimum Gasteiger partial charge on any atom is -0.480 e. The van der Waals surface area contributed by atoms with Crippen molar-refractivity contribution in [2.45, 2.75) is 38.3 Å². The van der Waals surface area contributed by atoms with E-state index in [1.165, 1.54) is 31.9 Å². The molecule has 1 saturated carbocycles. The number of carbonyl (C=O) groups excluding carboxylic acids is 1. The molecule has 0 saturated heterocycles. The van der Waals surface area contributed by atoms with Gasteiger partial charge in [-0.2, -0.15) is 0 Å². The molecule has 1 aromatic heterocycles. The largest absolute Gasteiger partial charge is 0.480 e. The first-order valence-corrected chi connectivity index (χ1v) is 7.16. The fourth-order valence-corrected chi connectivity index (χ4v) is 2.58. The zero-order chi connectivity index (χ0) is 15.2. The van der Waals surface area contributed by atoms with Gasteiger partial charge in [0.05, 0.1) is 6.20 Å². The topological polar surface area (TPSA) is 100 Å². The SMILES string of the molecule is CN(CCNC(=O)c1cn(CC(=O)O)nn1)C1CCCC1. The number of hydrogen-bond acceptors (Lipinski definition) is 5. The van der Waals surface area contributed by atoms with Crippen molar-refractivity contribution in [2.75, 3.05) is 20.1 Å². The predicted molar refractivity (Wildman–Crippen MR) is 74.9 cm³/mol. The first-order valence-electron chi connectivity index (χ1n) is 7.16. The maximum Gasteiger partial charge on any atom is 0.325 e. The predicted octanol–water partition coefficient (Wildman–Crippen LogP) is -0.0331. The molecule has 1 aliphatic carbocycles. The number of likely N-dealkylation sites (N-methyl/N-ethyl adjacent to an activating group) is 1. The maximum atomic E-state index is 11.9. The van der Waals surface area contributed by atoms with Gasteiger partial charge in [0.25, 0.3) is 5.91 Å². The zero-order valence-corrected chi connectivity index (χ0v) is 12.2. The second-order valence-electron chi connectivity index (χ2n) is 5.37. The smallest absolute Gasteiger partial charge is 0.325 e. The molecule has 0 radical (unpaired) electrons. The lowest BCUT2D eigenvalue weighted by molar-refractivity contribution is -0.137. The Kier molecular flexibility index (Phi) is 5.26. The Labute approximate surface area is 123 Å². The van der Waals surface area contributed by atoms with Crippen LogP contribution < -0.4 is 5.32 Å². The van der Waals surface area contributed by atoms with E-state index in [1.807, 2.05) is 0 Å². The molecule has 1 fully saturated rings. The summed E-state index contributed by atoms with van der Waals surface area (Å²) >= 11 is 0. The number of carboxylic acids is 1. The van der Waals surface area contributed by atoms with Gasteiger partial charge in [-0.3, -0.25) is 9.59 Å². The summed E-state index contributed by atoms with van der Waals surface area (Å²) in [5.74, 6) is -1.35. The van der Waals surface area contributed by atoms with Crippen molar-refractivity contribution in [3.8, 4) is 0 Å². The van der Waals surface area contributed by atoms with Gasteiger partial charge in [-0.05, 0) is 19.9 Å². The molecule has 0 aromatic carbocycles. The molecule has 2 rings (SSSR count). The van der Waals surface area contributed by atoms with Crippen LogP contribution in [0.2, 0.25) is 0 Å². The molecule has 8 nitrogen and oxygen atoms in total. The molecule has 1 aromatic rings. The summed E-state index contributed by atoms with van der Waals surface area (Å²) in [7, 11) is 2.07. The molecule has 8 heteroatoms. The molecule has 0 atom stereocenters. The average molecular weight is 295 g/mol. The van der Waals surface area contributed by atoms with E-state index in [0.717, 1.165) is 11.2 Å². The molecule has 0 spiro atoms. The molecular weight excluding hydrogens is 274 g/mol. The van der Waals surface area contributed by atoms with Crippen LogP contribution in [0.5, 0.6) is 0 Å². The van der Waals surface area contributed by atoms with Crippen LogP contribution in [0.25, 0.3) is 0 Å². The molecule has 21 heavy (non-hydrogen) atoms. The van der Waals surface area contributed by atoms with Crippen molar-refractivity contribution >= 4 is 11.9 Å². The second kappa shape index (κ2) is 7.16. The van der Waals surface area contributed by atoms with Crippen molar-refractivity contribution in [3.63, 3.8) is 0 Å². The van der Waals surface area contributed by atoms with E-state index in [0.29, 0.717) is 12.6 Å². The fraction of sp³-hybridized carbons (Fsp3) is 0.692. The minimum absolute atomic E-state index is 0.139. The van der Waals surface area contributed by atoms with E-state index in [1.54, 1.807) is 0 Å². The van der Waals surface area contributed by atoms with Crippen molar-refractivity contribution < 1.29 is 14.7 Å². The van der Waals surface area contributed by atoms with E-state index >= 15 is 0 Å². The molecule has 0 unspecified atom stereocenters. The minimum atomic E-state index is -1.02. The Morgan fingerprint density at radius 2 is 2.19 bits per heavy atom. The van der Waals surface area contributed by atoms with E-state index < -0.39 is 5.97 Å². The van der Waals surface area contributed by atoms with E-state index in [2.05, 4.69) is 27.6 Å². The summed E-state index contributed by atoms with van der Waals surface area (Å²) < 4.78 is 1.13. The van der Waals surface area contributed by atoms with Crippen molar-refractivity contribution in [2.24, 2.45) is 0 Å². The molecular formula is C13H21N5O3. The number of nitrogens with one attached hydrogen (secondary N) is 1. The number of hydrogen-bond donors (Lipinski definition) is 2. The van der Waals surface area contributed by atoms with Crippen molar-refractivity contribution in [1.82, 2.24) is 25.2 Å². The lowest BCUT2D eigenvalue weighted by Gasteiger charge is -2.23. The number of rotatable bonds is 7. The third-order valence-electron chi connectivity index (χ3n) is 3.77. The highest BCUT2D eigenvalue weighted by Crippen LogP contribution is 2.21. The lowest BCUT2D eigenvalue weighted by atomic mass is 10.2. The molecule has 0 bridgehead atoms. The van der Waals surface area contributed by atoms with Gasteiger partial charge in [0.15, 0.2) is 5.69 Å². The molecule has 116 valence electrons. The van der Waals surface area contributed by atoms with Crippen LogP contribution in [-0.2, 0) is 11.3 Å². The van der Waals surface area contributed by atoms with Gasteiger partial charge in [0.1, 0.15) is 6.54 Å². The number of amides is 1. The monoisotopic (exact) mass is 295 g/mol. The van der Waals surface area contributed by atoms with Crippen LogP contribution in [0.3, 0.4) is 0 Å². The lowest BCUT2D eigenvalue weighted by Crippen LogP contribution is -2.37. The highest BCUT2D eigenvalue weighted by atomic mass is 16.4. The Hall–Kier alpha value is -1.96. The van der Waals surface area contributed by atoms with Gasteiger partial charge >= 0.3 is 5.97 Å². The standard InChI is InChI=1S/C13H21N5O3/c1-17(10-4-2-3-5-10)7-6-14-13(21)11-8-18(16-15-11)9-12(19)20/h8,10H,2-7,9H2,1H3,(H,14,21)(H,19,20). The summed E-state index contributed by atoms with van der Waals surface area (Å²) in [6, 6.07) is 0.623. The van der Waals surface area contributed by atoms with Gasteiger partial charge in [-0.25, -0.2) is 4.68 Å². The normalized spacial score (nSPS) is 15.5. The third-order valence-corrected chi connectivity index (χ3v) is 3.77. The molecule has 0 aliphatic heterocycles. The number of aliphatic carboxylic acids is 1. The van der Waals surface area contributed by atoms with Crippen LogP contribution in [0.4, 0.5) is 0 Å². The Balaban J connectivity index is 1.73. The van der Waals surface area contributed by atoms with E-state index in [4.69, 9.17) is 5.11 Å². The van der Waals surface area contributed by atoms with Crippen molar-refractivity contribution in [3.05, 3.63) is 11.9 Å². The Morgan fingerprint density at radius 3 is 2.86 bits per heavy atom. The number of aromatic nitrogens is 3. The van der Waals surface area contributed by atoms with Crippen molar-refractivity contribution in [1.29, 1.82) is 0 Å². The highest BCUT2D eigenvalue weighted by molar-refractivity contribution is 5.91. The van der Waals surface area contributed by atoms with Crippen LogP contribution >= 0.6 is 0 Å². The van der Waals surface area contributed by atoms with Gasteiger partial charge in [0, 0.05) is 19.1 Å².